The Bertz CT molecular complexity index is 540. The second-order valence-electron chi connectivity index (χ2n) is 6.54. The van der Waals surface area contributed by atoms with Crippen LogP contribution in [-0.2, 0) is 4.79 Å². The number of nitrogens with one attached hydrogen (secondary N) is 1. The van der Waals surface area contributed by atoms with E-state index < -0.39 is 0 Å². The summed E-state index contributed by atoms with van der Waals surface area (Å²) in [7, 11) is 0. The normalized spacial score (nSPS) is 22.3. The number of rotatable bonds is 5. The van der Waals surface area contributed by atoms with Gasteiger partial charge in [0.15, 0.2) is 0 Å². The van der Waals surface area contributed by atoms with Crippen molar-refractivity contribution in [1.29, 1.82) is 0 Å². The number of Topliss-reactive ketones (excluding diaryl/α,β-unsaturated/α-hetero) is 1. The Hall–Kier alpha value is -1.75. The van der Waals surface area contributed by atoms with Gasteiger partial charge in [0.2, 0.25) is 11.7 Å². The zero-order valence-corrected chi connectivity index (χ0v) is 13.5. The van der Waals surface area contributed by atoms with Crippen molar-refractivity contribution < 1.29 is 9.59 Å². The van der Waals surface area contributed by atoms with Crippen LogP contribution in [0.25, 0.3) is 0 Å². The molecule has 1 unspecified atom stereocenters. The average molecular weight is 315 g/mol. The van der Waals surface area contributed by atoms with Crippen molar-refractivity contribution in [3.63, 3.8) is 0 Å². The summed E-state index contributed by atoms with van der Waals surface area (Å²) in [6.45, 7) is 1.02. The summed E-state index contributed by atoms with van der Waals surface area (Å²) >= 11 is 0. The number of pyridine rings is 1. The van der Waals surface area contributed by atoms with E-state index in [1.54, 1.807) is 23.2 Å². The molecule has 3 rings (SSSR count). The van der Waals surface area contributed by atoms with Crippen LogP contribution < -0.4 is 5.32 Å². The Morgan fingerprint density at radius 1 is 1.13 bits per heavy atom. The van der Waals surface area contributed by atoms with E-state index in [1.165, 1.54) is 19.3 Å². The fraction of sp³-hybridized carbons (Fsp3) is 0.611. The molecule has 5 nitrogen and oxygen atoms in total. The monoisotopic (exact) mass is 315 g/mol. The van der Waals surface area contributed by atoms with Gasteiger partial charge in [-0.1, -0.05) is 25.3 Å². The quantitative estimate of drug-likeness (QED) is 0.846. The van der Waals surface area contributed by atoms with Gasteiger partial charge in [-0.05, 0) is 37.8 Å². The Balaban J connectivity index is 1.57. The molecule has 2 fully saturated rings. The molecule has 0 aromatic carbocycles. The Kier molecular flexibility index (Phi) is 5.39. The lowest BCUT2D eigenvalue weighted by Gasteiger charge is -2.26. The van der Waals surface area contributed by atoms with Gasteiger partial charge >= 0.3 is 0 Å². The highest BCUT2D eigenvalue weighted by molar-refractivity contribution is 6.00. The molecule has 1 aliphatic heterocycles. The number of amides is 1. The fourth-order valence-electron chi connectivity index (χ4n) is 3.66. The maximum atomic E-state index is 12.6. The highest BCUT2D eigenvalue weighted by Crippen LogP contribution is 2.21. The molecule has 5 heteroatoms. The van der Waals surface area contributed by atoms with Gasteiger partial charge in [-0.3, -0.25) is 14.6 Å². The predicted octanol–water partition coefficient (Wildman–Crippen LogP) is 2.18. The first-order chi connectivity index (χ1) is 11.3. The topological polar surface area (TPSA) is 62.3 Å². The van der Waals surface area contributed by atoms with Gasteiger partial charge in [-0.15, -0.1) is 0 Å². The molecular formula is C18H25N3O2. The summed E-state index contributed by atoms with van der Waals surface area (Å²) in [6, 6.07) is 5.45. The first kappa shape index (κ1) is 16.1. The van der Waals surface area contributed by atoms with Crippen LogP contribution in [0.3, 0.4) is 0 Å². The SMILES string of the molecule is O=C(c1ccccn1)C1CCCN1C(=O)CNC1CCCCC1. The van der Waals surface area contributed by atoms with Crippen molar-refractivity contribution in [2.24, 2.45) is 0 Å². The molecular weight excluding hydrogens is 290 g/mol. The van der Waals surface area contributed by atoms with Crippen molar-refractivity contribution in [2.75, 3.05) is 13.1 Å². The van der Waals surface area contributed by atoms with Crippen molar-refractivity contribution in [2.45, 2.75) is 57.0 Å². The van der Waals surface area contributed by atoms with Gasteiger partial charge in [0.1, 0.15) is 5.69 Å². The van der Waals surface area contributed by atoms with Crippen LogP contribution in [0.1, 0.15) is 55.4 Å². The number of carbonyl (C=O) groups excluding carboxylic acids is 2. The summed E-state index contributed by atoms with van der Waals surface area (Å²) in [4.78, 5) is 31.0. The molecule has 1 N–H and O–H groups in total. The van der Waals surface area contributed by atoms with Crippen molar-refractivity contribution in [3.8, 4) is 0 Å². The highest BCUT2D eigenvalue weighted by atomic mass is 16.2. The molecule has 1 saturated carbocycles. The minimum atomic E-state index is -0.342. The molecule has 1 aliphatic carbocycles. The second-order valence-corrected chi connectivity index (χ2v) is 6.54. The lowest BCUT2D eigenvalue weighted by molar-refractivity contribution is -0.130. The fourth-order valence-corrected chi connectivity index (χ4v) is 3.66. The molecule has 2 heterocycles. The Morgan fingerprint density at radius 3 is 2.70 bits per heavy atom. The lowest BCUT2D eigenvalue weighted by Crippen LogP contribution is -2.46. The van der Waals surface area contributed by atoms with E-state index in [0.29, 0.717) is 24.8 Å². The maximum Gasteiger partial charge on any atom is 0.237 e. The molecule has 1 atom stereocenters. The molecule has 124 valence electrons. The van der Waals surface area contributed by atoms with E-state index in [0.717, 1.165) is 25.7 Å². The first-order valence-electron chi connectivity index (χ1n) is 8.74. The molecule has 1 aromatic heterocycles. The third-order valence-corrected chi connectivity index (χ3v) is 4.94. The number of hydrogen-bond donors (Lipinski definition) is 1. The zero-order valence-electron chi connectivity index (χ0n) is 13.5. The third kappa shape index (κ3) is 3.96. The first-order valence-corrected chi connectivity index (χ1v) is 8.74. The second kappa shape index (κ2) is 7.68. The molecule has 0 bridgehead atoms. The van der Waals surface area contributed by atoms with E-state index in [-0.39, 0.29) is 17.7 Å². The molecule has 0 radical (unpaired) electrons. The standard InChI is InChI=1S/C18H25N3O2/c22-17(13-20-14-7-2-1-3-8-14)21-12-6-10-16(21)18(23)15-9-4-5-11-19-15/h4-5,9,11,14,16,20H,1-3,6-8,10,12-13H2. The van der Waals surface area contributed by atoms with Gasteiger partial charge in [0.05, 0.1) is 12.6 Å². The number of likely N-dealkylation sites (tertiary alicyclic amines) is 1. The van der Waals surface area contributed by atoms with Crippen LogP contribution >= 0.6 is 0 Å². The van der Waals surface area contributed by atoms with Crippen molar-refractivity contribution >= 4 is 11.7 Å². The van der Waals surface area contributed by atoms with E-state index in [9.17, 15) is 9.59 Å². The largest absolute Gasteiger partial charge is 0.331 e. The van der Waals surface area contributed by atoms with Crippen LogP contribution in [0, 0.1) is 0 Å². The number of hydrogen-bond acceptors (Lipinski definition) is 4. The van der Waals surface area contributed by atoms with Crippen molar-refractivity contribution in [1.82, 2.24) is 15.2 Å². The summed E-state index contributed by atoms with van der Waals surface area (Å²) in [5, 5.41) is 3.38. The van der Waals surface area contributed by atoms with Crippen LogP contribution in [0.5, 0.6) is 0 Å². The summed E-state index contributed by atoms with van der Waals surface area (Å²) < 4.78 is 0. The van der Waals surface area contributed by atoms with Crippen LogP contribution in [0.2, 0.25) is 0 Å². The number of ketones is 1. The smallest absolute Gasteiger partial charge is 0.237 e. The zero-order chi connectivity index (χ0) is 16.1. The van der Waals surface area contributed by atoms with E-state index in [4.69, 9.17) is 0 Å². The molecule has 23 heavy (non-hydrogen) atoms. The Morgan fingerprint density at radius 2 is 1.96 bits per heavy atom. The summed E-state index contributed by atoms with van der Waals surface area (Å²) in [6.07, 6.45) is 9.36. The minimum Gasteiger partial charge on any atom is -0.331 e. The molecule has 0 spiro atoms. The van der Waals surface area contributed by atoms with E-state index in [1.807, 2.05) is 6.07 Å². The molecule has 1 amide bonds. The summed E-state index contributed by atoms with van der Waals surface area (Å²) in [5.41, 5.74) is 0.456. The lowest BCUT2D eigenvalue weighted by atomic mass is 9.95. The number of carbonyl (C=O) groups is 2. The molecule has 1 aromatic rings. The minimum absolute atomic E-state index is 0.0332. The van der Waals surface area contributed by atoms with Gasteiger partial charge in [-0.25, -0.2) is 0 Å². The number of nitrogens with zero attached hydrogens (tertiary/aromatic N) is 2. The van der Waals surface area contributed by atoms with Crippen LogP contribution in [0.15, 0.2) is 24.4 Å². The Labute approximate surface area is 137 Å². The van der Waals surface area contributed by atoms with Crippen LogP contribution in [0.4, 0.5) is 0 Å². The van der Waals surface area contributed by atoms with E-state index >= 15 is 0 Å². The van der Waals surface area contributed by atoms with Gasteiger partial charge < -0.3 is 10.2 Å². The highest BCUT2D eigenvalue weighted by Gasteiger charge is 2.34. The predicted molar refractivity (Wildman–Crippen MR) is 88.2 cm³/mol. The van der Waals surface area contributed by atoms with Gasteiger partial charge in [0, 0.05) is 18.8 Å². The summed E-state index contributed by atoms with van der Waals surface area (Å²) in [5.74, 6) is 0.0106. The molecule has 1 saturated heterocycles. The maximum absolute atomic E-state index is 12.6. The van der Waals surface area contributed by atoms with Crippen LogP contribution in [-0.4, -0.2) is 46.7 Å². The molecule has 2 aliphatic rings. The van der Waals surface area contributed by atoms with Crippen molar-refractivity contribution in [3.05, 3.63) is 30.1 Å². The third-order valence-electron chi connectivity index (χ3n) is 4.94. The van der Waals surface area contributed by atoms with Gasteiger partial charge in [0.25, 0.3) is 0 Å². The van der Waals surface area contributed by atoms with E-state index in [2.05, 4.69) is 10.3 Å². The average Bonchev–Trinajstić information content (AvgIpc) is 3.10. The number of aromatic nitrogens is 1. The van der Waals surface area contributed by atoms with Gasteiger partial charge in [-0.2, -0.15) is 0 Å².